The van der Waals surface area contributed by atoms with Crippen molar-refractivity contribution in [1.29, 1.82) is 0 Å². The third-order valence-electron chi connectivity index (χ3n) is 2.67. The summed E-state index contributed by atoms with van der Waals surface area (Å²) >= 11 is 23.9. The molecular formula is C12H4Cl4O2. The van der Waals surface area contributed by atoms with Crippen molar-refractivity contribution in [3.63, 3.8) is 0 Å². The predicted molar refractivity (Wildman–Crippen MR) is 75.4 cm³/mol. The van der Waals surface area contributed by atoms with Crippen LogP contribution < -0.4 is 0 Å². The molecule has 0 atom stereocenters. The molecule has 6 heteroatoms. The summed E-state index contributed by atoms with van der Waals surface area (Å²) in [4.78, 5) is 0. The molecule has 2 nitrogen and oxygen atoms in total. The summed E-state index contributed by atoms with van der Waals surface area (Å²) in [7, 11) is 0. The van der Waals surface area contributed by atoms with E-state index in [1.165, 1.54) is 6.07 Å². The van der Waals surface area contributed by atoms with Crippen LogP contribution in [0.2, 0.25) is 20.1 Å². The molecule has 2 aromatic carbocycles. The summed E-state index contributed by atoms with van der Waals surface area (Å²) in [6.45, 7) is 0. The van der Waals surface area contributed by atoms with Crippen LogP contribution in [0.15, 0.2) is 22.6 Å². The van der Waals surface area contributed by atoms with E-state index in [-0.39, 0.29) is 20.8 Å². The Labute approximate surface area is 122 Å². The first-order valence-corrected chi connectivity index (χ1v) is 6.38. The van der Waals surface area contributed by atoms with Gasteiger partial charge in [0, 0.05) is 16.8 Å². The molecule has 0 radical (unpaired) electrons. The zero-order valence-electron chi connectivity index (χ0n) is 8.60. The lowest BCUT2D eigenvalue weighted by molar-refractivity contribution is 0.475. The van der Waals surface area contributed by atoms with Gasteiger partial charge in [0.25, 0.3) is 0 Å². The van der Waals surface area contributed by atoms with E-state index in [9.17, 15) is 5.11 Å². The summed E-state index contributed by atoms with van der Waals surface area (Å²) < 4.78 is 5.56. The van der Waals surface area contributed by atoms with E-state index in [1.54, 1.807) is 12.1 Å². The quantitative estimate of drug-likeness (QED) is 0.522. The van der Waals surface area contributed by atoms with Gasteiger partial charge in [0.2, 0.25) is 0 Å². The minimum atomic E-state index is -0.0588. The van der Waals surface area contributed by atoms with Gasteiger partial charge in [0.15, 0.2) is 5.58 Å². The van der Waals surface area contributed by atoms with Crippen LogP contribution in [0.4, 0.5) is 0 Å². The highest BCUT2D eigenvalue weighted by Gasteiger charge is 2.17. The molecule has 0 amide bonds. The summed E-state index contributed by atoms with van der Waals surface area (Å²) in [6, 6.07) is 4.68. The number of phenols is 1. The van der Waals surface area contributed by atoms with Crippen molar-refractivity contribution in [2.45, 2.75) is 0 Å². The minimum Gasteiger partial charge on any atom is -0.506 e. The second kappa shape index (κ2) is 4.10. The highest BCUT2D eigenvalue weighted by atomic mass is 35.5. The smallest absolute Gasteiger partial charge is 0.155 e. The van der Waals surface area contributed by atoms with Crippen LogP contribution in [0.1, 0.15) is 0 Å². The average molecular weight is 322 g/mol. The topological polar surface area (TPSA) is 33.4 Å². The first kappa shape index (κ1) is 12.2. The second-order valence-corrected chi connectivity index (χ2v) is 5.34. The van der Waals surface area contributed by atoms with Crippen LogP contribution in [0.25, 0.3) is 21.9 Å². The first-order valence-electron chi connectivity index (χ1n) is 4.87. The van der Waals surface area contributed by atoms with E-state index < -0.39 is 0 Å². The maximum absolute atomic E-state index is 9.54. The van der Waals surface area contributed by atoms with E-state index in [0.29, 0.717) is 27.0 Å². The third-order valence-corrected chi connectivity index (χ3v) is 4.22. The number of hydrogen-bond donors (Lipinski definition) is 1. The van der Waals surface area contributed by atoms with Crippen molar-refractivity contribution < 1.29 is 9.52 Å². The standard InChI is InChI=1S/C12H4Cl4O2/c13-6-1-4-5-2-7(14)10(15)11(16)12(5)18-9(4)3-8(6)17/h1-3,17H. The monoisotopic (exact) mass is 320 g/mol. The number of furan rings is 1. The van der Waals surface area contributed by atoms with E-state index >= 15 is 0 Å². The minimum absolute atomic E-state index is 0.0588. The second-order valence-electron chi connectivity index (χ2n) is 3.76. The van der Waals surface area contributed by atoms with Gasteiger partial charge in [0.1, 0.15) is 16.4 Å². The van der Waals surface area contributed by atoms with Gasteiger partial charge < -0.3 is 9.52 Å². The van der Waals surface area contributed by atoms with Gasteiger partial charge in [-0.15, -0.1) is 0 Å². The van der Waals surface area contributed by atoms with Gasteiger partial charge >= 0.3 is 0 Å². The Balaban J connectivity index is 2.56. The Hall–Kier alpha value is -0.800. The van der Waals surface area contributed by atoms with Gasteiger partial charge in [-0.25, -0.2) is 0 Å². The van der Waals surface area contributed by atoms with Crippen molar-refractivity contribution in [1.82, 2.24) is 0 Å². The molecule has 0 spiro atoms. The molecule has 3 aromatic rings. The first-order chi connectivity index (χ1) is 8.49. The molecule has 18 heavy (non-hydrogen) atoms. The highest BCUT2D eigenvalue weighted by molar-refractivity contribution is 6.50. The normalized spacial score (nSPS) is 11.6. The molecular weight excluding hydrogens is 318 g/mol. The number of hydrogen-bond acceptors (Lipinski definition) is 2. The van der Waals surface area contributed by atoms with E-state index in [1.807, 2.05) is 0 Å². The molecule has 0 unspecified atom stereocenters. The fourth-order valence-electron chi connectivity index (χ4n) is 1.83. The van der Waals surface area contributed by atoms with Crippen molar-refractivity contribution in [3.05, 3.63) is 38.3 Å². The van der Waals surface area contributed by atoms with E-state index in [0.717, 1.165) is 0 Å². The molecule has 1 N–H and O–H groups in total. The Morgan fingerprint density at radius 2 is 1.50 bits per heavy atom. The number of benzene rings is 2. The van der Waals surface area contributed by atoms with Crippen molar-refractivity contribution in [2.75, 3.05) is 0 Å². The van der Waals surface area contributed by atoms with Gasteiger partial charge in [-0.2, -0.15) is 0 Å². The van der Waals surface area contributed by atoms with E-state index in [4.69, 9.17) is 50.8 Å². The molecule has 92 valence electrons. The zero-order chi connectivity index (χ0) is 13.0. The summed E-state index contributed by atoms with van der Waals surface area (Å²) in [5.41, 5.74) is 0.884. The Bertz CT molecular complexity index is 792. The van der Waals surface area contributed by atoms with Crippen LogP contribution in [0, 0.1) is 0 Å². The van der Waals surface area contributed by atoms with E-state index in [2.05, 4.69) is 0 Å². The van der Waals surface area contributed by atoms with Gasteiger partial charge in [-0.3, -0.25) is 0 Å². The predicted octanol–water partition coefficient (Wildman–Crippen LogP) is 5.91. The lowest BCUT2D eigenvalue weighted by Gasteiger charge is -1.99. The zero-order valence-corrected chi connectivity index (χ0v) is 11.6. The molecule has 0 aliphatic carbocycles. The lowest BCUT2D eigenvalue weighted by atomic mass is 10.1. The maximum atomic E-state index is 9.54. The molecule has 0 saturated heterocycles. The average Bonchev–Trinajstić information content (AvgIpc) is 2.66. The summed E-state index contributed by atoms with van der Waals surface area (Å²) in [6.07, 6.45) is 0. The summed E-state index contributed by atoms with van der Waals surface area (Å²) in [5.74, 6) is -0.0588. The lowest BCUT2D eigenvalue weighted by Crippen LogP contribution is -1.74. The van der Waals surface area contributed by atoms with Gasteiger partial charge in [-0.1, -0.05) is 46.4 Å². The number of phenolic OH excluding ortho intramolecular Hbond substituents is 1. The van der Waals surface area contributed by atoms with Gasteiger partial charge in [0.05, 0.1) is 15.1 Å². The van der Waals surface area contributed by atoms with Crippen molar-refractivity contribution in [3.8, 4) is 5.75 Å². The number of halogens is 4. The van der Waals surface area contributed by atoms with Crippen LogP contribution in [0.3, 0.4) is 0 Å². The number of fused-ring (bicyclic) bond motifs is 3. The molecule has 0 bridgehead atoms. The SMILES string of the molecule is Oc1cc2oc3c(Cl)c(Cl)c(Cl)cc3c2cc1Cl. The molecule has 0 fully saturated rings. The van der Waals surface area contributed by atoms with Crippen LogP contribution in [-0.4, -0.2) is 5.11 Å². The fourth-order valence-corrected chi connectivity index (χ4v) is 2.62. The van der Waals surface area contributed by atoms with Crippen molar-refractivity contribution >= 4 is 68.3 Å². The Kier molecular flexibility index (Phi) is 2.79. The van der Waals surface area contributed by atoms with Crippen molar-refractivity contribution in [2.24, 2.45) is 0 Å². The molecule has 0 aliphatic rings. The Morgan fingerprint density at radius 1 is 0.833 bits per heavy atom. The van der Waals surface area contributed by atoms with Crippen LogP contribution >= 0.6 is 46.4 Å². The Morgan fingerprint density at radius 3 is 2.22 bits per heavy atom. The molecule has 3 rings (SSSR count). The fraction of sp³-hybridized carbons (Fsp3) is 0. The van der Waals surface area contributed by atoms with Crippen LogP contribution in [0.5, 0.6) is 5.75 Å². The van der Waals surface area contributed by atoms with Gasteiger partial charge in [-0.05, 0) is 12.1 Å². The molecule has 1 heterocycles. The molecule has 0 saturated carbocycles. The summed E-state index contributed by atoms with van der Waals surface area (Å²) in [5, 5.41) is 12.0. The maximum Gasteiger partial charge on any atom is 0.155 e. The molecule has 1 aromatic heterocycles. The third kappa shape index (κ3) is 1.64. The largest absolute Gasteiger partial charge is 0.506 e. The number of rotatable bonds is 0. The highest BCUT2D eigenvalue weighted by Crippen LogP contribution is 2.43. The molecule has 0 aliphatic heterocycles. The number of aromatic hydroxyl groups is 1. The van der Waals surface area contributed by atoms with Crippen LogP contribution in [-0.2, 0) is 0 Å².